The van der Waals surface area contributed by atoms with Crippen molar-refractivity contribution in [2.75, 3.05) is 0 Å². The number of ether oxygens (including phenoxy) is 1. The lowest BCUT2D eigenvalue weighted by atomic mass is 10.1. The number of nitrogens with zero attached hydrogens (tertiary/aromatic N) is 2. The Labute approximate surface area is 176 Å². The predicted molar refractivity (Wildman–Crippen MR) is 113 cm³/mol. The lowest BCUT2D eigenvalue weighted by Gasteiger charge is -2.10. The Morgan fingerprint density at radius 2 is 2.11 bits per heavy atom. The summed E-state index contributed by atoms with van der Waals surface area (Å²) in [5, 5.41) is 22.7. The largest absolute Gasteiger partial charge is 0.488 e. The number of carbonyl (C=O) groups is 1. The van der Waals surface area contributed by atoms with Gasteiger partial charge in [0.2, 0.25) is 0 Å². The van der Waals surface area contributed by atoms with E-state index in [1.54, 1.807) is 30.3 Å². The van der Waals surface area contributed by atoms with Crippen molar-refractivity contribution >= 4 is 40.3 Å². The van der Waals surface area contributed by atoms with E-state index < -0.39 is 10.8 Å². The van der Waals surface area contributed by atoms with Crippen molar-refractivity contribution in [3.8, 4) is 11.8 Å². The van der Waals surface area contributed by atoms with Crippen molar-refractivity contribution in [1.82, 2.24) is 5.32 Å². The van der Waals surface area contributed by atoms with Gasteiger partial charge in [0.1, 0.15) is 24.0 Å². The lowest BCUT2D eigenvalue weighted by Crippen LogP contribution is -2.30. The molecule has 0 radical (unpaired) electrons. The fourth-order valence-electron chi connectivity index (χ4n) is 2.30. The number of rotatable bonds is 7. The number of hydrogen-bond donors (Lipinski definition) is 1. The van der Waals surface area contributed by atoms with Crippen molar-refractivity contribution in [3.63, 3.8) is 0 Å². The minimum Gasteiger partial charge on any atom is -0.488 e. The van der Waals surface area contributed by atoms with Gasteiger partial charge in [-0.05, 0) is 65.8 Å². The number of halogens is 1. The van der Waals surface area contributed by atoms with E-state index in [-0.39, 0.29) is 23.9 Å². The minimum absolute atomic E-state index is 0.0139. The van der Waals surface area contributed by atoms with E-state index in [1.807, 2.05) is 19.9 Å². The molecular weight excluding hydrogens is 473 g/mol. The summed E-state index contributed by atoms with van der Waals surface area (Å²) in [6.45, 7) is 3.83. The van der Waals surface area contributed by atoms with Crippen LogP contribution in [0, 0.1) is 25.0 Å². The van der Waals surface area contributed by atoms with E-state index in [9.17, 15) is 20.2 Å². The number of nitriles is 1. The van der Waals surface area contributed by atoms with Crippen LogP contribution >= 0.6 is 22.6 Å². The Balaban J connectivity index is 2.13. The summed E-state index contributed by atoms with van der Waals surface area (Å²) in [5.74, 6) is 0.188. The topological polar surface area (TPSA) is 105 Å². The van der Waals surface area contributed by atoms with Gasteiger partial charge in [-0.1, -0.05) is 18.2 Å². The van der Waals surface area contributed by atoms with Gasteiger partial charge in [-0.2, -0.15) is 5.26 Å². The highest BCUT2D eigenvalue weighted by Gasteiger charge is 2.11. The quantitative estimate of drug-likeness (QED) is 0.206. The van der Waals surface area contributed by atoms with Gasteiger partial charge in [-0.25, -0.2) is 0 Å². The Morgan fingerprint density at radius 3 is 2.71 bits per heavy atom. The highest BCUT2D eigenvalue weighted by molar-refractivity contribution is 14.1. The van der Waals surface area contributed by atoms with Gasteiger partial charge in [0, 0.05) is 18.2 Å². The normalized spacial score (nSPS) is 11.0. The number of amides is 1. The number of carbonyl (C=O) groups excluding carboxylic acids is 1. The maximum absolute atomic E-state index is 12.0. The molecule has 0 bridgehead atoms. The molecule has 0 heterocycles. The second-order valence-electron chi connectivity index (χ2n) is 6.20. The molecule has 144 valence electrons. The zero-order chi connectivity index (χ0) is 20.7. The number of nitro groups is 1. The van der Waals surface area contributed by atoms with Gasteiger partial charge < -0.3 is 10.1 Å². The molecule has 1 amide bonds. The average molecular weight is 491 g/mol. The molecule has 0 atom stereocenters. The van der Waals surface area contributed by atoms with Crippen molar-refractivity contribution in [3.05, 3.63) is 72.8 Å². The minimum atomic E-state index is -0.448. The van der Waals surface area contributed by atoms with Gasteiger partial charge in [0.25, 0.3) is 11.6 Å². The molecule has 1 N–H and O–H groups in total. The first-order valence-corrected chi connectivity index (χ1v) is 9.46. The summed E-state index contributed by atoms with van der Waals surface area (Å²) >= 11 is 2.10. The van der Waals surface area contributed by atoms with Gasteiger partial charge in [0.15, 0.2) is 0 Å². The van der Waals surface area contributed by atoms with E-state index in [4.69, 9.17) is 4.74 Å². The van der Waals surface area contributed by atoms with E-state index >= 15 is 0 Å². The van der Waals surface area contributed by atoms with E-state index in [0.717, 1.165) is 3.57 Å². The zero-order valence-electron chi connectivity index (χ0n) is 15.3. The number of nitro benzene ring substituents is 1. The third kappa shape index (κ3) is 6.06. The van der Waals surface area contributed by atoms with Crippen molar-refractivity contribution in [1.29, 1.82) is 5.26 Å². The molecule has 0 saturated carbocycles. The smallest absolute Gasteiger partial charge is 0.269 e. The predicted octanol–water partition coefficient (Wildman–Crippen LogP) is 4.21. The molecule has 0 aliphatic heterocycles. The van der Waals surface area contributed by atoms with Crippen LogP contribution in [0.2, 0.25) is 0 Å². The number of non-ortho nitro benzene ring substituents is 1. The lowest BCUT2D eigenvalue weighted by molar-refractivity contribution is -0.384. The zero-order valence-corrected chi connectivity index (χ0v) is 17.5. The summed E-state index contributed by atoms with van der Waals surface area (Å²) in [6, 6.07) is 13.4. The van der Waals surface area contributed by atoms with Crippen LogP contribution in [0.25, 0.3) is 6.08 Å². The van der Waals surface area contributed by atoms with E-state index in [0.29, 0.717) is 16.9 Å². The molecule has 7 nitrogen and oxygen atoms in total. The summed E-state index contributed by atoms with van der Waals surface area (Å²) in [5.41, 5.74) is 1.42. The molecule has 0 unspecified atom stereocenters. The third-order valence-electron chi connectivity index (χ3n) is 3.57. The Bertz CT molecular complexity index is 964. The van der Waals surface area contributed by atoms with Gasteiger partial charge in [0.05, 0.1) is 8.49 Å². The first-order chi connectivity index (χ1) is 13.3. The Hall–Kier alpha value is -2.93. The molecule has 8 heteroatoms. The van der Waals surface area contributed by atoms with Crippen LogP contribution < -0.4 is 10.1 Å². The first kappa shape index (κ1) is 21.4. The third-order valence-corrected chi connectivity index (χ3v) is 4.41. The monoisotopic (exact) mass is 491 g/mol. The molecule has 28 heavy (non-hydrogen) atoms. The summed E-state index contributed by atoms with van der Waals surface area (Å²) in [4.78, 5) is 22.4. The Kier molecular flexibility index (Phi) is 7.52. The average Bonchev–Trinajstić information content (AvgIpc) is 2.65. The van der Waals surface area contributed by atoms with Crippen LogP contribution in [0.4, 0.5) is 5.69 Å². The molecule has 0 fully saturated rings. The molecule has 0 aliphatic carbocycles. The fraction of sp³-hybridized carbons (Fsp3) is 0.200. The molecule has 0 saturated heterocycles. The van der Waals surface area contributed by atoms with Crippen LogP contribution in [-0.4, -0.2) is 16.9 Å². The van der Waals surface area contributed by atoms with Gasteiger partial charge in [-0.15, -0.1) is 0 Å². The second-order valence-corrected chi connectivity index (χ2v) is 7.37. The molecule has 0 aliphatic rings. The highest BCUT2D eigenvalue weighted by atomic mass is 127. The standard InChI is InChI=1S/C20H18IN3O4/c1-13(2)23-20(25)16(11-22)8-14-6-7-19(18(21)10-14)28-12-15-4-3-5-17(9-15)24(26)27/h3-10,13H,12H2,1-2H3,(H,23,25)/b16-8-. The second kappa shape index (κ2) is 9.85. The summed E-state index contributed by atoms with van der Waals surface area (Å²) < 4.78 is 6.54. The van der Waals surface area contributed by atoms with Crippen molar-refractivity contribution < 1.29 is 14.5 Å². The van der Waals surface area contributed by atoms with Crippen LogP contribution in [0.5, 0.6) is 5.75 Å². The van der Waals surface area contributed by atoms with Gasteiger partial charge in [-0.3, -0.25) is 14.9 Å². The van der Waals surface area contributed by atoms with Crippen LogP contribution in [0.1, 0.15) is 25.0 Å². The molecule has 2 aromatic carbocycles. The van der Waals surface area contributed by atoms with Crippen LogP contribution in [0.3, 0.4) is 0 Å². The number of benzene rings is 2. The molecular formula is C20H18IN3O4. The SMILES string of the molecule is CC(C)NC(=O)/C(C#N)=C\c1ccc(OCc2cccc([N+](=O)[O-])c2)c(I)c1. The summed E-state index contributed by atoms with van der Waals surface area (Å²) in [6.07, 6.45) is 1.52. The summed E-state index contributed by atoms with van der Waals surface area (Å²) in [7, 11) is 0. The first-order valence-electron chi connectivity index (χ1n) is 8.38. The van der Waals surface area contributed by atoms with Crippen molar-refractivity contribution in [2.24, 2.45) is 0 Å². The van der Waals surface area contributed by atoms with E-state index in [2.05, 4.69) is 27.9 Å². The van der Waals surface area contributed by atoms with Crippen LogP contribution in [-0.2, 0) is 11.4 Å². The number of hydrogen-bond acceptors (Lipinski definition) is 5. The maximum Gasteiger partial charge on any atom is 0.269 e. The highest BCUT2D eigenvalue weighted by Crippen LogP contribution is 2.25. The molecule has 2 aromatic rings. The number of nitrogens with one attached hydrogen (secondary N) is 1. The van der Waals surface area contributed by atoms with Crippen LogP contribution in [0.15, 0.2) is 48.0 Å². The fourth-order valence-corrected chi connectivity index (χ4v) is 3.00. The van der Waals surface area contributed by atoms with E-state index in [1.165, 1.54) is 18.2 Å². The molecule has 2 rings (SSSR count). The molecule has 0 spiro atoms. The Morgan fingerprint density at radius 1 is 1.36 bits per heavy atom. The van der Waals surface area contributed by atoms with Gasteiger partial charge >= 0.3 is 0 Å². The molecule has 0 aromatic heterocycles. The van der Waals surface area contributed by atoms with Crippen molar-refractivity contribution in [2.45, 2.75) is 26.5 Å². The maximum atomic E-state index is 12.0.